The molecule has 5 nitrogen and oxygen atoms in total. The highest BCUT2D eigenvalue weighted by Crippen LogP contribution is 2.24. The Bertz CT molecular complexity index is 556. The van der Waals surface area contributed by atoms with Crippen molar-refractivity contribution in [2.75, 3.05) is 25.6 Å². The fourth-order valence-electron chi connectivity index (χ4n) is 1.26. The highest BCUT2D eigenvalue weighted by atomic mass is 35.5. The number of hydrogen-bond acceptors (Lipinski definition) is 4. The summed E-state index contributed by atoms with van der Waals surface area (Å²) in [6, 6.07) is 4.09. The van der Waals surface area contributed by atoms with Gasteiger partial charge in [0.1, 0.15) is 15.6 Å². The number of carbonyl (C=O) groups excluding carboxylic acids is 1. The normalized spacial score (nSPS) is 11.3. The van der Waals surface area contributed by atoms with Crippen LogP contribution in [0.2, 0.25) is 5.02 Å². The predicted molar refractivity (Wildman–Crippen MR) is 69.8 cm³/mol. The molecule has 0 aliphatic carbocycles. The van der Waals surface area contributed by atoms with Gasteiger partial charge in [-0.2, -0.15) is 0 Å². The lowest BCUT2D eigenvalue weighted by Gasteiger charge is -2.16. The smallest absolute Gasteiger partial charge is 0.253 e. The molecular weight excluding hydrogens is 278 g/mol. The Balaban J connectivity index is 2.77. The van der Waals surface area contributed by atoms with Gasteiger partial charge in [-0.25, -0.2) is 8.42 Å². The first-order valence-electron chi connectivity index (χ1n) is 5.12. The van der Waals surface area contributed by atoms with Crippen LogP contribution in [0, 0.1) is 0 Å². The first-order chi connectivity index (χ1) is 8.20. The van der Waals surface area contributed by atoms with E-state index in [1.54, 1.807) is 0 Å². The van der Waals surface area contributed by atoms with E-state index in [4.69, 9.17) is 11.6 Å². The molecule has 1 N–H and O–H groups in total. The summed E-state index contributed by atoms with van der Waals surface area (Å²) in [5, 5.41) is 9.32. The van der Waals surface area contributed by atoms with Gasteiger partial charge in [0.15, 0.2) is 0 Å². The van der Waals surface area contributed by atoms with Crippen molar-refractivity contribution in [3.8, 4) is 5.75 Å². The number of halogens is 1. The molecule has 0 bridgehead atoms. The third kappa shape index (κ3) is 4.19. The van der Waals surface area contributed by atoms with Gasteiger partial charge in [0.25, 0.3) is 5.91 Å². The molecule has 0 aliphatic rings. The summed E-state index contributed by atoms with van der Waals surface area (Å²) < 4.78 is 22.0. The summed E-state index contributed by atoms with van der Waals surface area (Å²) in [7, 11) is -1.60. The molecule has 1 rings (SSSR count). The van der Waals surface area contributed by atoms with Crippen molar-refractivity contribution in [2.24, 2.45) is 0 Å². The quantitative estimate of drug-likeness (QED) is 0.903. The molecule has 0 aromatic heterocycles. The van der Waals surface area contributed by atoms with Crippen LogP contribution in [0.1, 0.15) is 10.4 Å². The maximum atomic E-state index is 11.9. The van der Waals surface area contributed by atoms with Gasteiger partial charge in [0.2, 0.25) is 0 Å². The van der Waals surface area contributed by atoms with E-state index in [2.05, 4.69) is 0 Å². The minimum atomic E-state index is -3.11. The van der Waals surface area contributed by atoms with E-state index in [1.165, 1.54) is 30.1 Å². The lowest BCUT2D eigenvalue weighted by molar-refractivity contribution is 0.0803. The summed E-state index contributed by atoms with van der Waals surface area (Å²) in [6.07, 6.45) is 1.11. The monoisotopic (exact) mass is 291 g/mol. The third-order valence-electron chi connectivity index (χ3n) is 2.34. The number of phenolic OH excluding ortho intramolecular Hbond substituents is 1. The van der Waals surface area contributed by atoms with Gasteiger partial charge in [0, 0.05) is 25.4 Å². The minimum absolute atomic E-state index is 0.0809. The van der Waals surface area contributed by atoms with Crippen molar-refractivity contribution in [3.63, 3.8) is 0 Å². The SMILES string of the molecule is CN(CCS(C)(=O)=O)C(=O)c1ccc(O)c(Cl)c1. The van der Waals surface area contributed by atoms with Crippen LogP contribution in [0.4, 0.5) is 0 Å². The average molecular weight is 292 g/mol. The van der Waals surface area contributed by atoms with Crippen molar-refractivity contribution in [1.29, 1.82) is 0 Å². The Hall–Kier alpha value is -1.27. The number of sulfone groups is 1. The first kappa shape index (κ1) is 14.8. The van der Waals surface area contributed by atoms with Crippen LogP contribution >= 0.6 is 11.6 Å². The van der Waals surface area contributed by atoms with E-state index >= 15 is 0 Å². The van der Waals surface area contributed by atoms with Crippen LogP contribution in [-0.4, -0.2) is 49.9 Å². The zero-order chi connectivity index (χ0) is 13.9. The fraction of sp³-hybridized carbons (Fsp3) is 0.364. The molecule has 0 spiro atoms. The summed E-state index contributed by atoms with van der Waals surface area (Å²) in [6.45, 7) is 0.107. The molecule has 1 aromatic carbocycles. The Morgan fingerprint density at radius 3 is 2.56 bits per heavy atom. The minimum Gasteiger partial charge on any atom is -0.506 e. The summed E-state index contributed by atoms with van der Waals surface area (Å²) in [5.74, 6) is -0.548. The second kappa shape index (κ2) is 5.58. The van der Waals surface area contributed by atoms with Crippen molar-refractivity contribution in [2.45, 2.75) is 0 Å². The Kier molecular flexibility index (Phi) is 4.59. The van der Waals surface area contributed by atoms with Crippen LogP contribution in [0.5, 0.6) is 5.75 Å². The summed E-state index contributed by atoms with van der Waals surface area (Å²) in [4.78, 5) is 13.2. The number of carbonyl (C=O) groups is 1. The second-order valence-corrected chi connectivity index (χ2v) is 6.69. The molecule has 100 valence electrons. The van der Waals surface area contributed by atoms with E-state index in [9.17, 15) is 18.3 Å². The number of aromatic hydroxyl groups is 1. The molecule has 0 fully saturated rings. The van der Waals surface area contributed by atoms with Gasteiger partial charge in [-0.3, -0.25) is 4.79 Å². The third-order valence-corrected chi connectivity index (χ3v) is 3.57. The van der Waals surface area contributed by atoms with E-state index in [0.29, 0.717) is 5.56 Å². The highest BCUT2D eigenvalue weighted by Gasteiger charge is 2.14. The lowest BCUT2D eigenvalue weighted by Crippen LogP contribution is -2.31. The largest absolute Gasteiger partial charge is 0.506 e. The maximum Gasteiger partial charge on any atom is 0.253 e. The van der Waals surface area contributed by atoms with Gasteiger partial charge in [-0.15, -0.1) is 0 Å². The van der Waals surface area contributed by atoms with Crippen molar-refractivity contribution in [3.05, 3.63) is 28.8 Å². The van der Waals surface area contributed by atoms with E-state index in [0.717, 1.165) is 6.26 Å². The molecule has 1 amide bonds. The van der Waals surface area contributed by atoms with Gasteiger partial charge < -0.3 is 10.0 Å². The van der Waals surface area contributed by atoms with Crippen molar-refractivity contribution in [1.82, 2.24) is 4.90 Å². The molecule has 1 aromatic rings. The van der Waals surface area contributed by atoms with Gasteiger partial charge in [-0.1, -0.05) is 11.6 Å². The molecule has 7 heteroatoms. The second-order valence-electron chi connectivity index (χ2n) is 4.02. The molecule has 18 heavy (non-hydrogen) atoms. The highest BCUT2D eigenvalue weighted by molar-refractivity contribution is 7.90. The Morgan fingerprint density at radius 1 is 1.44 bits per heavy atom. The Labute approximate surface area is 111 Å². The lowest BCUT2D eigenvalue weighted by atomic mass is 10.2. The van der Waals surface area contributed by atoms with Crippen LogP contribution in [-0.2, 0) is 9.84 Å². The Morgan fingerprint density at radius 2 is 2.06 bits per heavy atom. The number of phenols is 1. The summed E-state index contributed by atoms with van der Waals surface area (Å²) in [5.41, 5.74) is 0.300. The van der Waals surface area contributed by atoms with E-state index in [-0.39, 0.29) is 29.0 Å². The van der Waals surface area contributed by atoms with E-state index < -0.39 is 9.84 Å². The fourth-order valence-corrected chi connectivity index (χ4v) is 2.05. The first-order valence-corrected chi connectivity index (χ1v) is 7.56. The van der Waals surface area contributed by atoms with Crippen LogP contribution in [0.3, 0.4) is 0 Å². The van der Waals surface area contributed by atoms with Crippen LogP contribution in [0.25, 0.3) is 0 Å². The average Bonchev–Trinajstić information content (AvgIpc) is 2.27. The number of hydrogen-bond donors (Lipinski definition) is 1. The number of rotatable bonds is 4. The van der Waals surface area contributed by atoms with Crippen LogP contribution < -0.4 is 0 Å². The molecule has 0 unspecified atom stereocenters. The molecular formula is C11H14ClNO4S. The van der Waals surface area contributed by atoms with Gasteiger partial charge in [-0.05, 0) is 18.2 Å². The topological polar surface area (TPSA) is 74.7 Å². The number of amides is 1. The molecule has 0 radical (unpaired) electrons. The van der Waals surface area contributed by atoms with Crippen molar-refractivity contribution >= 4 is 27.3 Å². The predicted octanol–water partition coefficient (Wildman–Crippen LogP) is 1.16. The van der Waals surface area contributed by atoms with E-state index in [1.807, 2.05) is 0 Å². The number of nitrogens with zero attached hydrogens (tertiary/aromatic N) is 1. The standard InChI is InChI=1S/C11H14ClNO4S/c1-13(5-6-18(2,16)17)11(15)8-3-4-10(14)9(12)7-8/h3-4,7,14H,5-6H2,1-2H3. The van der Waals surface area contributed by atoms with Gasteiger partial charge in [0.05, 0.1) is 10.8 Å². The van der Waals surface area contributed by atoms with Crippen molar-refractivity contribution < 1.29 is 18.3 Å². The van der Waals surface area contributed by atoms with Gasteiger partial charge >= 0.3 is 0 Å². The zero-order valence-corrected chi connectivity index (χ0v) is 11.6. The number of benzene rings is 1. The molecule has 0 saturated carbocycles. The molecule has 0 aliphatic heterocycles. The molecule has 0 heterocycles. The molecule has 0 saturated heterocycles. The zero-order valence-electron chi connectivity index (χ0n) is 10.1. The van der Waals surface area contributed by atoms with Crippen LogP contribution in [0.15, 0.2) is 18.2 Å². The summed E-state index contributed by atoms with van der Waals surface area (Å²) >= 11 is 5.70. The molecule has 0 atom stereocenters. The maximum absolute atomic E-state index is 11.9.